The van der Waals surface area contributed by atoms with Crippen LogP contribution in [0, 0.1) is 34.9 Å². The molecule has 2 heterocycles. The Morgan fingerprint density at radius 1 is 1.48 bits per heavy atom. The van der Waals surface area contributed by atoms with Crippen LogP contribution in [0.5, 0.6) is 0 Å². The predicted octanol–water partition coefficient (Wildman–Crippen LogP) is 1.49. The molecule has 2 N–H and O–H groups in total. The van der Waals surface area contributed by atoms with Crippen molar-refractivity contribution in [3.05, 3.63) is 29.6 Å². The zero-order valence-electron chi connectivity index (χ0n) is 15.0. The van der Waals surface area contributed by atoms with Gasteiger partial charge in [-0.15, -0.1) is 0 Å². The first-order valence-corrected chi connectivity index (χ1v) is 9.07. The highest BCUT2D eigenvalue weighted by Gasteiger charge is 2.55. The van der Waals surface area contributed by atoms with Crippen LogP contribution in [0.25, 0.3) is 0 Å². The summed E-state index contributed by atoms with van der Waals surface area (Å²) in [5, 5.41) is 14.1. The minimum Gasteiger partial charge on any atom is -0.434 e. The van der Waals surface area contributed by atoms with Gasteiger partial charge in [-0.25, -0.2) is 9.18 Å². The Morgan fingerprint density at radius 2 is 2.22 bits per heavy atom. The Kier molecular flexibility index (Phi) is 4.17. The summed E-state index contributed by atoms with van der Waals surface area (Å²) in [6, 6.07) is 7.06. The second-order valence-electron chi connectivity index (χ2n) is 7.57. The van der Waals surface area contributed by atoms with Crippen molar-refractivity contribution in [2.24, 2.45) is 17.8 Å². The SMILES string of the molecule is CC(=O)NC[C@@]1(c2ccc(N3CC4C(CC#N)C4C3)c(F)c2)CNC(=O)O1. The average molecular weight is 372 g/mol. The van der Waals surface area contributed by atoms with E-state index in [1.54, 1.807) is 12.1 Å². The lowest BCUT2D eigenvalue weighted by Crippen LogP contribution is -2.43. The first-order valence-electron chi connectivity index (χ1n) is 9.07. The third-order valence-corrected chi connectivity index (χ3v) is 5.94. The van der Waals surface area contributed by atoms with Gasteiger partial charge in [-0.3, -0.25) is 4.79 Å². The quantitative estimate of drug-likeness (QED) is 0.817. The molecule has 0 radical (unpaired) electrons. The monoisotopic (exact) mass is 372 g/mol. The minimum absolute atomic E-state index is 0.0730. The molecule has 8 heteroatoms. The molecule has 2 saturated heterocycles. The van der Waals surface area contributed by atoms with Gasteiger partial charge >= 0.3 is 6.09 Å². The number of nitriles is 1. The summed E-state index contributed by atoms with van der Waals surface area (Å²) in [5.74, 6) is 0.788. The van der Waals surface area contributed by atoms with Crippen LogP contribution in [0.2, 0.25) is 0 Å². The molecule has 2 unspecified atom stereocenters. The number of fused-ring (bicyclic) bond motifs is 1. The van der Waals surface area contributed by atoms with E-state index in [-0.39, 0.29) is 24.8 Å². The topological polar surface area (TPSA) is 94.5 Å². The van der Waals surface area contributed by atoms with Crippen molar-refractivity contribution < 1.29 is 18.7 Å². The molecular weight excluding hydrogens is 351 g/mol. The van der Waals surface area contributed by atoms with Crippen molar-refractivity contribution in [1.29, 1.82) is 5.26 Å². The molecule has 2 amide bonds. The molecule has 27 heavy (non-hydrogen) atoms. The maximum absolute atomic E-state index is 14.9. The smallest absolute Gasteiger partial charge is 0.408 e. The van der Waals surface area contributed by atoms with Crippen LogP contribution < -0.4 is 15.5 Å². The highest BCUT2D eigenvalue weighted by atomic mass is 19.1. The molecule has 0 spiro atoms. The highest BCUT2D eigenvalue weighted by molar-refractivity contribution is 5.74. The number of hydrogen-bond donors (Lipinski definition) is 2. The van der Waals surface area contributed by atoms with Gasteiger partial charge in [0.05, 0.1) is 24.8 Å². The van der Waals surface area contributed by atoms with E-state index in [1.165, 1.54) is 13.0 Å². The molecule has 1 aromatic carbocycles. The lowest BCUT2D eigenvalue weighted by Gasteiger charge is -2.28. The molecule has 0 aromatic heterocycles. The van der Waals surface area contributed by atoms with Crippen molar-refractivity contribution in [2.45, 2.75) is 18.9 Å². The lowest BCUT2D eigenvalue weighted by molar-refractivity contribution is -0.120. The Balaban J connectivity index is 1.52. The van der Waals surface area contributed by atoms with Gasteiger partial charge in [0.1, 0.15) is 5.82 Å². The van der Waals surface area contributed by atoms with Crippen LogP contribution in [0.3, 0.4) is 0 Å². The number of carbonyl (C=O) groups is 2. The maximum Gasteiger partial charge on any atom is 0.408 e. The fourth-order valence-corrected chi connectivity index (χ4v) is 4.39. The van der Waals surface area contributed by atoms with E-state index in [0.29, 0.717) is 35.4 Å². The third kappa shape index (κ3) is 3.07. The summed E-state index contributed by atoms with van der Waals surface area (Å²) in [7, 11) is 0. The number of piperidine rings is 1. The van der Waals surface area contributed by atoms with Gasteiger partial charge in [0.25, 0.3) is 0 Å². The molecule has 0 bridgehead atoms. The van der Waals surface area contributed by atoms with Crippen LogP contribution in [0.15, 0.2) is 18.2 Å². The fourth-order valence-electron chi connectivity index (χ4n) is 4.39. The Hall–Kier alpha value is -2.82. The molecule has 1 aromatic rings. The fraction of sp³-hybridized carbons (Fsp3) is 0.526. The summed E-state index contributed by atoms with van der Waals surface area (Å²) in [4.78, 5) is 24.9. The molecule has 142 valence electrons. The van der Waals surface area contributed by atoms with E-state index in [4.69, 9.17) is 10.00 Å². The largest absolute Gasteiger partial charge is 0.434 e. The average Bonchev–Trinajstić information content (AvgIpc) is 2.99. The number of cyclic esters (lactones) is 1. The second-order valence-corrected chi connectivity index (χ2v) is 7.57. The van der Waals surface area contributed by atoms with Gasteiger partial charge < -0.3 is 20.3 Å². The number of benzene rings is 1. The molecular formula is C19H21FN4O3. The number of amides is 2. The van der Waals surface area contributed by atoms with Gasteiger partial charge in [-0.05, 0) is 29.9 Å². The minimum atomic E-state index is -1.12. The Bertz CT molecular complexity index is 827. The van der Waals surface area contributed by atoms with Gasteiger partial charge in [0.15, 0.2) is 5.60 Å². The molecule has 2 aliphatic heterocycles. The van der Waals surface area contributed by atoms with Crippen molar-refractivity contribution in [2.75, 3.05) is 31.1 Å². The number of carbonyl (C=O) groups excluding carboxylic acids is 2. The van der Waals surface area contributed by atoms with E-state index in [0.717, 1.165) is 13.1 Å². The Morgan fingerprint density at radius 3 is 2.78 bits per heavy atom. The van der Waals surface area contributed by atoms with Crippen LogP contribution in [0.1, 0.15) is 18.9 Å². The summed E-state index contributed by atoms with van der Waals surface area (Å²) in [5.41, 5.74) is -0.0937. The zero-order chi connectivity index (χ0) is 19.2. The number of halogens is 1. The molecule has 7 nitrogen and oxygen atoms in total. The summed E-state index contributed by atoms with van der Waals surface area (Å²) < 4.78 is 20.3. The van der Waals surface area contributed by atoms with Crippen LogP contribution in [-0.4, -0.2) is 38.2 Å². The standard InChI is InChI=1S/C19H21FN4O3/c1-11(25)22-9-19(10-23-18(26)27-19)12-2-3-17(16(20)6-12)24-7-14-13(4-5-21)15(14)8-24/h2-3,6,13-15H,4,7-10H2,1H3,(H,22,25)(H,23,26)/t13?,14?,15?,19-/m0/s1. The second kappa shape index (κ2) is 6.41. The van der Waals surface area contributed by atoms with E-state index in [2.05, 4.69) is 16.7 Å². The van der Waals surface area contributed by atoms with Crippen molar-refractivity contribution in [3.8, 4) is 6.07 Å². The summed E-state index contributed by atoms with van der Waals surface area (Å²) in [6.07, 6.45) is -0.0118. The number of ether oxygens (including phenoxy) is 1. The Labute approximate surface area is 156 Å². The molecule has 4 rings (SSSR count). The van der Waals surface area contributed by atoms with Crippen molar-refractivity contribution >= 4 is 17.7 Å². The number of anilines is 1. The van der Waals surface area contributed by atoms with Crippen molar-refractivity contribution in [1.82, 2.24) is 10.6 Å². The number of nitrogens with one attached hydrogen (secondary N) is 2. The third-order valence-electron chi connectivity index (χ3n) is 5.94. The number of hydrogen-bond acceptors (Lipinski definition) is 5. The van der Waals surface area contributed by atoms with Crippen LogP contribution >= 0.6 is 0 Å². The molecule has 3 aliphatic rings. The van der Waals surface area contributed by atoms with Crippen LogP contribution in [0.4, 0.5) is 14.9 Å². The lowest BCUT2D eigenvalue weighted by atomic mass is 9.93. The molecule has 1 saturated carbocycles. The first-order chi connectivity index (χ1) is 12.9. The van der Waals surface area contributed by atoms with E-state index in [1.807, 2.05) is 4.90 Å². The summed E-state index contributed by atoms with van der Waals surface area (Å²) >= 11 is 0. The number of alkyl carbamates (subject to hydrolysis) is 1. The molecule has 1 aliphatic carbocycles. The van der Waals surface area contributed by atoms with E-state index in [9.17, 15) is 14.0 Å². The number of rotatable bonds is 5. The zero-order valence-corrected chi connectivity index (χ0v) is 15.0. The van der Waals surface area contributed by atoms with E-state index >= 15 is 0 Å². The normalized spacial score (nSPS) is 30.9. The van der Waals surface area contributed by atoms with Gasteiger partial charge in [-0.1, -0.05) is 6.07 Å². The van der Waals surface area contributed by atoms with E-state index < -0.39 is 11.7 Å². The van der Waals surface area contributed by atoms with Gasteiger partial charge in [0.2, 0.25) is 5.91 Å². The first kappa shape index (κ1) is 17.6. The van der Waals surface area contributed by atoms with Crippen LogP contribution in [-0.2, 0) is 15.1 Å². The molecule has 3 atom stereocenters. The highest BCUT2D eigenvalue weighted by Crippen LogP contribution is 2.54. The van der Waals surface area contributed by atoms with Gasteiger partial charge in [-0.2, -0.15) is 5.26 Å². The van der Waals surface area contributed by atoms with Gasteiger partial charge in [0, 0.05) is 32.0 Å². The van der Waals surface area contributed by atoms with Crippen molar-refractivity contribution in [3.63, 3.8) is 0 Å². The predicted molar refractivity (Wildman–Crippen MR) is 94.2 cm³/mol. The molecule has 3 fully saturated rings. The number of nitrogens with zero attached hydrogens (tertiary/aromatic N) is 2. The summed E-state index contributed by atoms with van der Waals surface area (Å²) in [6.45, 7) is 3.14. The maximum atomic E-state index is 14.9.